The van der Waals surface area contributed by atoms with Gasteiger partial charge in [0.1, 0.15) is 5.82 Å². The number of urea groups is 1. The van der Waals surface area contributed by atoms with Gasteiger partial charge in [0.2, 0.25) is 0 Å². The highest BCUT2D eigenvalue weighted by molar-refractivity contribution is 6.10. The van der Waals surface area contributed by atoms with Gasteiger partial charge < -0.3 is 14.8 Å². The highest BCUT2D eigenvalue weighted by Gasteiger charge is 2.68. The minimum Gasteiger partial charge on any atom is -0.493 e. The summed E-state index contributed by atoms with van der Waals surface area (Å²) < 4.78 is 65.9. The van der Waals surface area contributed by atoms with Gasteiger partial charge in [0.15, 0.2) is 11.5 Å². The number of imide groups is 1. The number of ether oxygens (including phenoxy) is 2. The molecule has 0 aliphatic carbocycles. The van der Waals surface area contributed by atoms with Crippen molar-refractivity contribution in [2.75, 3.05) is 20.8 Å². The van der Waals surface area contributed by atoms with Crippen molar-refractivity contribution < 1.29 is 41.4 Å². The van der Waals surface area contributed by atoms with E-state index in [9.17, 15) is 31.9 Å². The number of carbonyl (C=O) groups is 3. The summed E-state index contributed by atoms with van der Waals surface area (Å²) in [7, 11) is 2.83. The van der Waals surface area contributed by atoms with Gasteiger partial charge in [-0.05, 0) is 36.2 Å². The average Bonchev–Trinajstić information content (AvgIpc) is 3.02. The van der Waals surface area contributed by atoms with Gasteiger partial charge in [-0.15, -0.1) is 0 Å². The molecule has 1 heterocycles. The van der Waals surface area contributed by atoms with E-state index in [4.69, 9.17) is 9.47 Å². The van der Waals surface area contributed by atoms with E-state index >= 15 is 0 Å². The van der Waals surface area contributed by atoms with Crippen molar-refractivity contribution in [3.05, 3.63) is 59.4 Å². The summed E-state index contributed by atoms with van der Waals surface area (Å²) in [6.07, 6.45) is -5.41. The van der Waals surface area contributed by atoms with Gasteiger partial charge in [0, 0.05) is 6.54 Å². The van der Waals surface area contributed by atoms with Crippen molar-refractivity contribution in [1.82, 2.24) is 15.5 Å². The Hall–Kier alpha value is -3.83. The Morgan fingerprint density at radius 3 is 2.36 bits per heavy atom. The third kappa shape index (κ3) is 4.41. The molecule has 2 aromatic carbocycles. The number of carbonyl (C=O) groups excluding carboxylic acids is 3. The zero-order valence-corrected chi connectivity index (χ0v) is 17.5. The Kier molecular flexibility index (Phi) is 6.47. The second-order valence-corrected chi connectivity index (χ2v) is 7.01. The Labute approximate surface area is 185 Å². The number of hydrogen-bond acceptors (Lipinski definition) is 5. The number of methoxy groups -OCH3 is 2. The Bertz CT molecular complexity index is 1090. The third-order valence-electron chi connectivity index (χ3n) is 5.02. The molecule has 1 aliphatic heterocycles. The summed E-state index contributed by atoms with van der Waals surface area (Å²) >= 11 is 0. The summed E-state index contributed by atoms with van der Waals surface area (Å²) in [6.45, 7) is -0.423. The smallest absolute Gasteiger partial charge is 0.440 e. The summed E-state index contributed by atoms with van der Waals surface area (Å²) in [5.74, 6) is -3.56. The molecule has 1 saturated heterocycles. The molecule has 0 bridgehead atoms. The van der Waals surface area contributed by atoms with Crippen LogP contribution in [0.5, 0.6) is 11.5 Å². The standard InChI is InChI=1S/C21H19F4N3O5/c1-32-15-8-7-12(11-16(15)33-2)9-10-28-18(30)20(21(23,24)25,27-19(28)31)26-17(29)13-5-3-4-6-14(13)22/h3-8,11H,9-10H2,1-2H3,(H,26,29)(H,27,31)/t20-/m1/s1. The number of benzene rings is 2. The van der Waals surface area contributed by atoms with Crippen molar-refractivity contribution >= 4 is 17.8 Å². The van der Waals surface area contributed by atoms with E-state index in [1.165, 1.54) is 37.0 Å². The first-order valence-electron chi connectivity index (χ1n) is 9.53. The molecule has 4 amide bonds. The third-order valence-corrected chi connectivity index (χ3v) is 5.02. The lowest BCUT2D eigenvalue weighted by Gasteiger charge is -2.30. The van der Waals surface area contributed by atoms with Crippen LogP contribution in [0.15, 0.2) is 42.5 Å². The van der Waals surface area contributed by atoms with Crippen LogP contribution in [0.2, 0.25) is 0 Å². The largest absolute Gasteiger partial charge is 0.493 e. The zero-order valence-electron chi connectivity index (χ0n) is 17.5. The van der Waals surface area contributed by atoms with Crippen LogP contribution in [-0.4, -0.2) is 55.3 Å². The van der Waals surface area contributed by atoms with Crippen LogP contribution >= 0.6 is 0 Å². The maximum atomic E-state index is 13.9. The fourth-order valence-electron chi connectivity index (χ4n) is 3.29. The van der Waals surface area contributed by atoms with Gasteiger partial charge >= 0.3 is 12.2 Å². The lowest BCUT2D eigenvalue weighted by atomic mass is 10.1. The average molecular weight is 469 g/mol. The van der Waals surface area contributed by atoms with E-state index in [0.29, 0.717) is 22.0 Å². The van der Waals surface area contributed by atoms with Gasteiger partial charge in [-0.3, -0.25) is 19.8 Å². The van der Waals surface area contributed by atoms with Crippen LogP contribution in [0.1, 0.15) is 15.9 Å². The van der Waals surface area contributed by atoms with Crippen molar-refractivity contribution in [3.63, 3.8) is 0 Å². The molecule has 0 radical (unpaired) electrons. The molecule has 0 saturated carbocycles. The summed E-state index contributed by atoms with van der Waals surface area (Å²) in [6, 6.07) is 7.66. The van der Waals surface area contributed by atoms with Gasteiger partial charge in [0.25, 0.3) is 17.5 Å². The summed E-state index contributed by atoms with van der Waals surface area (Å²) in [4.78, 5) is 37.7. The predicted octanol–water partition coefficient (Wildman–Crippen LogP) is 2.63. The van der Waals surface area contributed by atoms with Crippen molar-refractivity contribution in [2.45, 2.75) is 18.3 Å². The molecule has 0 aromatic heterocycles. The number of halogens is 4. The fraction of sp³-hybridized carbons (Fsp3) is 0.286. The molecule has 2 aromatic rings. The first-order valence-corrected chi connectivity index (χ1v) is 9.53. The van der Waals surface area contributed by atoms with Crippen molar-refractivity contribution in [1.29, 1.82) is 0 Å². The maximum Gasteiger partial charge on any atom is 0.440 e. The van der Waals surface area contributed by atoms with Gasteiger partial charge in [0.05, 0.1) is 19.8 Å². The second-order valence-electron chi connectivity index (χ2n) is 7.01. The molecule has 1 fully saturated rings. The van der Waals surface area contributed by atoms with E-state index < -0.39 is 47.6 Å². The highest BCUT2D eigenvalue weighted by Crippen LogP contribution is 2.34. The Balaban J connectivity index is 1.84. The summed E-state index contributed by atoms with van der Waals surface area (Å²) in [5, 5.41) is 2.99. The monoisotopic (exact) mass is 469 g/mol. The van der Waals surface area contributed by atoms with Crippen molar-refractivity contribution in [2.24, 2.45) is 0 Å². The van der Waals surface area contributed by atoms with E-state index in [0.717, 1.165) is 12.1 Å². The quantitative estimate of drug-likeness (QED) is 0.480. The minimum atomic E-state index is -5.40. The molecule has 3 rings (SSSR count). The molecule has 2 N–H and O–H groups in total. The molecule has 12 heteroatoms. The number of amides is 4. The van der Waals surface area contributed by atoms with Crippen LogP contribution in [-0.2, 0) is 11.2 Å². The maximum absolute atomic E-state index is 13.9. The highest BCUT2D eigenvalue weighted by atomic mass is 19.4. The van der Waals surface area contributed by atoms with Gasteiger partial charge in [-0.2, -0.15) is 13.2 Å². The van der Waals surface area contributed by atoms with Crippen molar-refractivity contribution in [3.8, 4) is 11.5 Å². The number of rotatable bonds is 7. The van der Waals surface area contributed by atoms with Crippen LogP contribution in [0.4, 0.5) is 22.4 Å². The van der Waals surface area contributed by atoms with Crippen LogP contribution in [0.25, 0.3) is 0 Å². The Morgan fingerprint density at radius 1 is 1.09 bits per heavy atom. The molecular formula is C21H19F4N3O5. The first-order chi connectivity index (χ1) is 15.5. The lowest BCUT2D eigenvalue weighted by molar-refractivity contribution is -0.200. The van der Waals surface area contributed by atoms with Crippen LogP contribution in [0, 0.1) is 5.82 Å². The van der Waals surface area contributed by atoms with E-state index in [1.54, 1.807) is 18.2 Å². The van der Waals surface area contributed by atoms with E-state index in [2.05, 4.69) is 0 Å². The number of nitrogens with zero attached hydrogens (tertiary/aromatic N) is 1. The summed E-state index contributed by atoms with van der Waals surface area (Å²) in [5.41, 5.74) is -3.90. The second kappa shape index (κ2) is 8.96. The van der Waals surface area contributed by atoms with Gasteiger partial charge in [-0.25, -0.2) is 9.18 Å². The van der Waals surface area contributed by atoms with Crippen LogP contribution < -0.4 is 20.1 Å². The van der Waals surface area contributed by atoms with Crippen LogP contribution in [0.3, 0.4) is 0 Å². The topological polar surface area (TPSA) is 97.0 Å². The fourth-order valence-corrected chi connectivity index (χ4v) is 3.29. The molecular weight excluding hydrogens is 450 g/mol. The first kappa shape index (κ1) is 23.8. The number of alkyl halides is 3. The van der Waals surface area contributed by atoms with Gasteiger partial charge in [-0.1, -0.05) is 18.2 Å². The normalized spacial score (nSPS) is 18.2. The molecule has 1 aliphatic rings. The van der Waals surface area contributed by atoms with E-state index in [-0.39, 0.29) is 6.42 Å². The molecule has 0 spiro atoms. The minimum absolute atomic E-state index is 0.00525. The SMILES string of the molecule is COc1ccc(CCN2C(=O)N[C@@](NC(=O)c3ccccc3F)(C(F)(F)F)C2=O)cc1OC. The molecule has 8 nitrogen and oxygen atoms in total. The molecule has 0 unspecified atom stereocenters. The molecule has 33 heavy (non-hydrogen) atoms. The molecule has 176 valence electrons. The number of hydrogen-bond donors (Lipinski definition) is 2. The lowest BCUT2D eigenvalue weighted by Crippen LogP contribution is -2.69. The van der Waals surface area contributed by atoms with E-state index in [1.807, 2.05) is 0 Å². The number of nitrogens with one attached hydrogen (secondary N) is 2. The Morgan fingerprint density at radius 2 is 1.76 bits per heavy atom. The predicted molar refractivity (Wildman–Crippen MR) is 106 cm³/mol. The zero-order chi connectivity index (χ0) is 24.4. The molecule has 1 atom stereocenters.